The third kappa shape index (κ3) is 8.27. The molecule has 116 valence electrons. The van der Waals surface area contributed by atoms with Gasteiger partial charge in [-0.1, -0.05) is 11.8 Å². The van der Waals surface area contributed by atoms with Gasteiger partial charge in [0.2, 0.25) is 0 Å². The molecule has 0 bridgehead atoms. The minimum Gasteiger partial charge on any atom is -0.469 e. The second-order valence-electron chi connectivity index (χ2n) is 4.21. The summed E-state index contributed by atoms with van der Waals surface area (Å²) in [6, 6.07) is -1.99. The fourth-order valence-electron chi connectivity index (χ4n) is 1.53. The van der Waals surface area contributed by atoms with Gasteiger partial charge in [0.25, 0.3) is 0 Å². The Morgan fingerprint density at radius 2 is 1.00 bits per heavy atom. The average molecular weight is 324 g/mol. The van der Waals surface area contributed by atoms with Crippen LogP contribution in [0.5, 0.6) is 0 Å². The van der Waals surface area contributed by atoms with Gasteiger partial charge in [0, 0.05) is 0 Å². The molecule has 0 rings (SSSR count). The summed E-state index contributed by atoms with van der Waals surface area (Å²) in [6.07, 6.45) is 2.04. The molecule has 0 saturated carbocycles. The molecule has 20 heavy (non-hydrogen) atoms. The smallest absolute Gasteiger partial charge is 0.305 e. The van der Waals surface area contributed by atoms with Crippen molar-refractivity contribution >= 4 is 35.8 Å². The van der Waals surface area contributed by atoms with Gasteiger partial charge in [-0.25, -0.2) is 0 Å². The Morgan fingerprint density at radius 1 is 0.750 bits per heavy atom. The van der Waals surface area contributed by atoms with Gasteiger partial charge in [-0.15, -0.1) is 0 Å². The fourth-order valence-corrected chi connectivity index (χ4v) is 4.79. The van der Waals surface area contributed by atoms with Crippen molar-refractivity contribution in [2.45, 2.75) is 19.3 Å². The molecule has 0 saturated heterocycles. The molecule has 6 nitrogen and oxygen atoms in total. The lowest BCUT2D eigenvalue weighted by atomic mass is 10.5. The lowest BCUT2D eigenvalue weighted by Crippen LogP contribution is -2.12. The van der Waals surface area contributed by atoms with Gasteiger partial charge < -0.3 is 14.2 Å². The maximum atomic E-state index is 11.2. The first-order valence-corrected chi connectivity index (χ1v) is 9.50. The summed E-state index contributed by atoms with van der Waals surface area (Å²) in [5.41, 5.74) is 0. The summed E-state index contributed by atoms with van der Waals surface area (Å²) in [5, 5.41) is 0. The Balaban J connectivity index is 4.56. The maximum absolute atomic E-state index is 11.2. The van der Waals surface area contributed by atoms with E-state index in [2.05, 4.69) is 14.2 Å². The van der Waals surface area contributed by atoms with Crippen molar-refractivity contribution in [3.05, 3.63) is 0 Å². The molecular formula is C12H21O6PS. The minimum atomic E-state index is -1.99. The Labute approximate surface area is 124 Å². The zero-order valence-corrected chi connectivity index (χ0v) is 13.8. The summed E-state index contributed by atoms with van der Waals surface area (Å²) >= 11 is 5.59. The fraction of sp³-hybridized carbons (Fsp3) is 0.750. The van der Waals surface area contributed by atoms with E-state index in [9.17, 15) is 14.4 Å². The molecule has 0 aliphatic heterocycles. The number of rotatable bonds is 9. The number of carbonyl (C=O) groups is 3. The molecule has 0 radical (unpaired) electrons. The molecular weight excluding hydrogens is 303 g/mol. The summed E-state index contributed by atoms with van der Waals surface area (Å²) < 4.78 is 13.8. The number of carbonyl (C=O) groups excluding carboxylic acids is 3. The van der Waals surface area contributed by atoms with Gasteiger partial charge in [-0.2, -0.15) is 0 Å². The van der Waals surface area contributed by atoms with E-state index in [-0.39, 0.29) is 37.2 Å². The first-order chi connectivity index (χ1) is 9.36. The van der Waals surface area contributed by atoms with E-state index < -0.39 is 6.04 Å². The summed E-state index contributed by atoms with van der Waals surface area (Å²) in [6.45, 7) is 0. The normalized spacial score (nSPS) is 10.8. The highest BCUT2D eigenvalue weighted by Gasteiger charge is 2.22. The van der Waals surface area contributed by atoms with Gasteiger partial charge in [0.05, 0.1) is 40.6 Å². The van der Waals surface area contributed by atoms with Crippen molar-refractivity contribution in [2.24, 2.45) is 0 Å². The number of hydrogen-bond donors (Lipinski definition) is 0. The van der Waals surface area contributed by atoms with E-state index in [0.29, 0.717) is 18.5 Å². The topological polar surface area (TPSA) is 78.9 Å². The molecule has 0 atom stereocenters. The Hall–Kier alpha value is -0.940. The van der Waals surface area contributed by atoms with Crippen LogP contribution in [0.15, 0.2) is 0 Å². The van der Waals surface area contributed by atoms with Gasteiger partial charge in [0.1, 0.15) is 0 Å². The van der Waals surface area contributed by atoms with Crippen molar-refractivity contribution < 1.29 is 28.6 Å². The number of esters is 3. The molecule has 0 aliphatic rings. The average Bonchev–Trinajstić information content (AvgIpc) is 2.47. The minimum absolute atomic E-state index is 0.204. The Morgan fingerprint density at radius 3 is 1.20 bits per heavy atom. The highest BCUT2D eigenvalue weighted by Crippen LogP contribution is 2.48. The molecule has 0 fully saturated rings. The second-order valence-corrected chi connectivity index (χ2v) is 9.99. The Bertz CT molecular complexity index is 338. The lowest BCUT2D eigenvalue weighted by Gasteiger charge is -2.20. The number of ether oxygens (including phenoxy) is 3. The van der Waals surface area contributed by atoms with Crippen LogP contribution in [0.1, 0.15) is 19.3 Å². The van der Waals surface area contributed by atoms with Crippen LogP contribution in [-0.4, -0.2) is 57.7 Å². The highest BCUT2D eigenvalue weighted by molar-refractivity contribution is 8.14. The van der Waals surface area contributed by atoms with Crippen molar-refractivity contribution in [3.8, 4) is 0 Å². The maximum Gasteiger partial charge on any atom is 0.305 e. The van der Waals surface area contributed by atoms with E-state index in [4.69, 9.17) is 11.8 Å². The standard InChI is InChI=1S/C12H21O6PS/c1-16-10(13)4-7-19(20,8-5-11(14)17-2)9-6-12(15)18-3/h4-9H2,1-3H3. The summed E-state index contributed by atoms with van der Waals surface area (Å²) in [5.74, 6) is -1.01. The Kier molecular flexibility index (Phi) is 9.42. The number of hydrogen-bond acceptors (Lipinski definition) is 7. The van der Waals surface area contributed by atoms with Crippen LogP contribution in [0.25, 0.3) is 0 Å². The second kappa shape index (κ2) is 9.88. The van der Waals surface area contributed by atoms with Crippen LogP contribution in [0.4, 0.5) is 0 Å². The van der Waals surface area contributed by atoms with Gasteiger partial charge in [-0.3, -0.25) is 14.4 Å². The summed E-state index contributed by atoms with van der Waals surface area (Å²) in [4.78, 5) is 33.6. The van der Waals surface area contributed by atoms with Gasteiger partial charge in [0.15, 0.2) is 0 Å². The van der Waals surface area contributed by atoms with Crippen LogP contribution in [0.3, 0.4) is 0 Å². The van der Waals surface area contributed by atoms with Crippen molar-refractivity contribution in [2.75, 3.05) is 39.8 Å². The summed E-state index contributed by atoms with van der Waals surface area (Å²) in [7, 11) is 3.94. The molecule has 0 heterocycles. The molecule has 0 aromatic rings. The van der Waals surface area contributed by atoms with E-state index in [1.807, 2.05) is 0 Å². The van der Waals surface area contributed by atoms with Crippen LogP contribution in [-0.2, 0) is 40.4 Å². The van der Waals surface area contributed by atoms with E-state index in [0.717, 1.165) is 0 Å². The lowest BCUT2D eigenvalue weighted by molar-refractivity contribution is -0.140. The molecule has 0 unspecified atom stereocenters. The largest absolute Gasteiger partial charge is 0.469 e. The van der Waals surface area contributed by atoms with Crippen molar-refractivity contribution in [3.63, 3.8) is 0 Å². The zero-order chi connectivity index (χ0) is 15.6. The van der Waals surface area contributed by atoms with E-state index in [1.54, 1.807) is 0 Å². The SMILES string of the molecule is COC(=O)CCP(=S)(CCC(=O)OC)CCC(=O)OC. The number of methoxy groups -OCH3 is 3. The van der Waals surface area contributed by atoms with Crippen LogP contribution >= 0.6 is 6.04 Å². The van der Waals surface area contributed by atoms with Gasteiger partial charge in [-0.05, 0) is 24.5 Å². The first kappa shape index (κ1) is 19.1. The van der Waals surface area contributed by atoms with Crippen LogP contribution in [0.2, 0.25) is 0 Å². The zero-order valence-electron chi connectivity index (χ0n) is 12.0. The van der Waals surface area contributed by atoms with E-state index >= 15 is 0 Å². The quantitative estimate of drug-likeness (QED) is 0.358. The van der Waals surface area contributed by atoms with Crippen LogP contribution in [0, 0.1) is 0 Å². The molecule has 0 spiro atoms. The molecule has 0 amide bonds. The van der Waals surface area contributed by atoms with Crippen molar-refractivity contribution in [1.29, 1.82) is 0 Å². The molecule has 0 aromatic carbocycles. The molecule has 0 aliphatic carbocycles. The molecule has 0 N–H and O–H groups in total. The third-order valence-electron chi connectivity index (χ3n) is 2.85. The monoisotopic (exact) mass is 324 g/mol. The van der Waals surface area contributed by atoms with Crippen LogP contribution < -0.4 is 0 Å². The first-order valence-electron chi connectivity index (χ1n) is 6.14. The predicted molar refractivity (Wildman–Crippen MR) is 78.8 cm³/mol. The predicted octanol–water partition coefficient (Wildman–Crippen LogP) is 1.16. The third-order valence-corrected chi connectivity index (χ3v) is 7.61. The van der Waals surface area contributed by atoms with E-state index in [1.165, 1.54) is 21.3 Å². The molecule has 0 aromatic heterocycles. The van der Waals surface area contributed by atoms with Crippen molar-refractivity contribution in [1.82, 2.24) is 0 Å². The molecule has 8 heteroatoms. The van der Waals surface area contributed by atoms with Gasteiger partial charge >= 0.3 is 17.9 Å². The highest BCUT2D eigenvalue weighted by atomic mass is 32.4.